The third kappa shape index (κ3) is 6.45. The molecule has 1 aromatic carbocycles. The number of carbonyl (C=O) groups excluding carboxylic acids is 1. The Kier molecular flexibility index (Phi) is 8.67. The molecule has 16 heteroatoms. The maximum absolute atomic E-state index is 15.3. The summed E-state index contributed by atoms with van der Waals surface area (Å²) in [7, 11) is -2.64. The van der Waals surface area contributed by atoms with Crippen LogP contribution in [0.3, 0.4) is 0 Å². The summed E-state index contributed by atoms with van der Waals surface area (Å²) in [6.45, 7) is 4.23. The molecule has 3 heterocycles. The van der Waals surface area contributed by atoms with Crippen molar-refractivity contribution in [1.29, 1.82) is 0 Å². The first-order valence-electron chi connectivity index (χ1n) is 12.1. The van der Waals surface area contributed by atoms with Gasteiger partial charge in [-0.25, -0.2) is 13.9 Å². The zero-order valence-corrected chi connectivity index (χ0v) is 22.6. The number of nitrogens with two attached hydrogens (primary N) is 1. The summed E-state index contributed by atoms with van der Waals surface area (Å²) in [5.41, 5.74) is 6.28. The Bertz CT molecular complexity index is 1350. The minimum absolute atomic E-state index is 0.0716. The van der Waals surface area contributed by atoms with Crippen molar-refractivity contribution in [3.8, 4) is 5.75 Å². The maximum Gasteiger partial charge on any atom is 0.459 e. The number of benzene rings is 1. The summed E-state index contributed by atoms with van der Waals surface area (Å²) in [5.74, 6) is -0.229. The van der Waals surface area contributed by atoms with Crippen LogP contribution in [0.4, 0.5) is 16.2 Å². The fourth-order valence-corrected chi connectivity index (χ4v) is 5.37. The predicted octanol–water partition coefficient (Wildman–Crippen LogP) is 2.18. The number of halogens is 1. The third-order valence-electron chi connectivity index (χ3n) is 5.68. The number of para-hydroxylation sites is 1. The van der Waals surface area contributed by atoms with Gasteiger partial charge in [-0.1, -0.05) is 18.2 Å². The number of hydrogen-bond donors (Lipinski definition) is 4. The van der Waals surface area contributed by atoms with E-state index in [1.807, 2.05) is 0 Å². The van der Waals surface area contributed by atoms with Crippen molar-refractivity contribution in [2.24, 2.45) is 0 Å². The fourth-order valence-electron chi connectivity index (χ4n) is 3.87. The lowest BCUT2D eigenvalue weighted by Gasteiger charge is -2.25. The van der Waals surface area contributed by atoms with Gasteiger partial charge >= 0.3 is 13.7 Å². The Labute approximate surface area is 223 Å². The molecule has 0 unspecified atom stereocenters. The van der Waals surface area contributed by atoms with Crippen molar-refractivity contribution in [2.75, 3.05) is 24.7 Å². The van der Waals surface area contributed by atoms with Gasteiger partial charge in [0.05, 0.1) is 19.0 Å². The molecule has 14 nitrogen and oxygen atoms in total. The Morgan fingerprint density at radius 3 is 2.67 bits per heavy atom. The van der Waals surface area contributed by atoms with Gasteiger partial charge in [-0.2, -0.15) is 15.1 Å². The number of aliphatic hydroxyl groups is 1. The second-order valence-electron chi connectivity index (χ2n) is 9.04. The van der Waals surface area contributed by atoms with E-state index in [9.17, 15) is 14.5 Å². The molecular formula is C23H31FN7O7P. The molecule has 0 saturated carbocycles. The van der Waals surface area contributed by atoms with Crippen LogP contribution in [0.25, 0.3) is 11.2 Å². The topological polar surface area (TPSA) is 185 Å². The van der Waals surface area contributed by atoms with Crippen LogP contribution in [-0.2, 0) is 23.4 Å². The van der Waals surface area contributed by atoms with Crippen molar-refractivity contribution < 1.29 is 37.4 Å². The molecule has 3 aromatic rings. The van der Waals surface area contributed by atoms with E-state index < -0.39 is 57.1 Å². The molecule has 0 spiro atoms. The van der Waals surface area contributed by atoms with Crippen molar-refractivity contribution in [2.45, 2.75) is 57.5 Å². The number of carbonyl (C=O) groups is 1. The first-order valence-corrected chi connectivity index (χ1v) is 13.7. The van der Waals surface area contributed by atoms with E-state index in [1.165, 1.54) is 17.8 Å². The van der Waals surface area contributed by atoms with Crippen molar-refractivity contribution in [3.05, 3.63) is 36.7 Å². The molecule has 2 aromatic heterocycles. The van der Waals surface area contributed by atoms with E-state index in [-0.39, 0.29) is 17.3 Å². The molecular weight excluding hydrogens is 536 g/mol. The van der Waals surface area contributed by atoms with E-state index in [4.69, 9.17) is 24.3 Å². The minimum atomic E-state index is -4.26. The van der Waals surface area contributed by atoms with Gasteiger partial charge in [0, 0.05) is 7.05 Å². The second-order valence-corrected chi connectivity index (χ2v) is 10.7. The average Bonchev–Trinajstić information content (AvgIpc) is 3.42. The number of nitrogens with zero attached hydrogens (tertiary/aromatic N) is 4. The third-order valence-corrected chi connectivity index (χ3v) is 7.32. The SMILES string of the molecule is CNc1nc(N)nc2c1ncn2[C@@H]1O[C@H](CO[P@@](=O)(N[C@@H](C)C(=O)OC(C)C)Oc2ccccc2)[C@@H](O)[C@H]1F. The van der Waals surface area contributed by atoms with E-state index in [0.29, 0.717) is 11.3 Å². The number of nitrogens with one attached hydrogen (secondary N) is 2. The van der Waals surface area contributed by atoms with Crippen LogP contribution in [0.15, 0.2) is 36.7 Å². The van der Waals surface area contributed by atoms with Gasteiger partial charge in [0.2, 0.25) is 5.95 Å². The number of aromatic nitrogens is 4. The highest BCUT2D eigenvalue weighted by Gasteiger charge is 2.47. The molecule has 0 amide bonds. The second kappa shape index (κ2) is 11.8. The van der Waals surface area contributed by atoms with E-state index in [0.717, 1.165) is 0 Å². The molecule has 5 N–H and O–H groups in total. The smallest absolute Gasteiger partial charge is 0.459 e. The van der Waals surface area contributed by atoms with Crippen LogP contribution in [0, 0.1) is 0 Å². The quantitative estimate of drug-likeness (QED) is 0.195. The zero-order chi connectivity index (χ0) is 28.3. The van der Waals surface area contributed by atoms with Crippen LogP contribution in [-0.4, -0.2) is 74.8 Å². The molecule has 212 valence electrons. The van der Waals surface area contributed by atoms with Gasteiger partial charge in [-0.05, 0) is 32.9 Å². The lowest BCUT2D eigenvalue weighted by Crippen LogP contribution is -2.37. The number of aliphatic hydroxyl groups excluding tert-OH is 1. The summed E-state index contributed by atoms with van der Waals surface area (Å²) in [6.07, 6.45) is -5.31. The summed E-state index contributed by atoms with van der Waals surface area (Å²) < 4.78 is 52.3. The molecule has 1 aliphatic heterocycles. The summed E-state index contributed by atoms with van der Waals surface area (Å²) in [4.78, 5) is 24.7. The van der Waals surface area contributed by atoms with Crippen LogP contribution in [0.1, 0.15) is 27.0 Å². The molecule has 1 fully saturated rings. The van der Waals surface area contributed by atoms with Gasteiger partial charge in [-0.3, -0.25) is 13.9 Å². The van der Waals surface area contributed by atoms with Crippen molar-refractivity contribution in [3.63, 3.8) is 0 Å². The van der Waals surface area contributed by atoms with Gasteiger partial charge in [0.15, 0.2) is 29.4 Å². The fraction of sp³-hybridized carbons (Fsp3) is 0.478. The zero-order valence-electron chi connectivity index (χ0n) is 21.7. The Balaban J connectivity index is 1.52. The number of ether oxygens (including phenoxy) is 2. The highest BCUT2D eigenvalue weighted by molar-refractivity contribution is 7.52. The average molecular weight is 568 g/mol. The summed E-state index contributed by atoms with van der Waals surface area (Å²) >= 11 is 0. The number of alkyl halides is 1. The highest BCUT2D eigenvalue weighted by atomic mass is 31.2. The highest BCUT2D eigenvalue weighted by Crippen LogP contribution is 2.46. The normalized spacial score (nSPS) is 23.5. The molecule has 0 bridgehead atoms. The van der Waals surface area contributed by atoms with Gasteiger partial charge in [0.25, 0.3) is 0 Å². The summed E-state index contributed by atoms with van der Waals surface area (Å²) in [5, 5.41) is 16.0. The molecule has 4 rings (SSSR count). The number of imidazole rings is 1. The van der Waals surface area contributed by atoms with E-state index in [2.05, 4.69) is 25.4 Å². The number of nitrogen functional groups attached to an aromatic ring is 1. The number of hydrogen-bond acceptors (Lipinski definition) is 12. The van der Waals surface area contributed by atoms with Gasteiger partial charge in [0.1, 0.15) is 24.0 Å². The van der Waals surface area contributed by atoms with Crippen LogP contribution in [0.5, 0.6) is 5.75 Å². The number of esters is 1. The molecule has 1 saturated heterocycles. The Morgan fingerprint density at radius 2 is 2.00 bits per heavy atom. The maximum atomic E-state index is 15.3. The summed E-state index contributed by atoms with van der Waals surface area (Å²) in [6, 6.07) is 7.05. The largest absolute Gasteiger partial charge is 0.462 e. The molecule has 39 heavy (non-hydrogen) atoms. The number of rotatable bonds is 11. The Hall–Kier alpha value is -3.36. The number of fused-ring (bicyclic) bond motifs is 1. The van der Waals surface area contributed by atoms with Crippen molar-refractivity contribution in [1.82, 2.24) is 24.6 Å². The molecule has 6 atom stereocenters. The molecule has 0 radical (unpaired) electrons. The molecule has 1 aliphatic rings. The first kappa shape index (κ1) is 28.6. The number of anilines is 2. The van der Waals surface area contributed by atoms with Gasteiger partial charge in [-0.15, -0.1) is 0 Å². The van der Waals surface area contributed by atoms with Gasteiger partial charge < -0.3 is 30.2 Å². The standard InChI is InChI=1S/C23H31FN7O7P/c1-12(2)36-22(33)13(3)30-39(34,38-14-8-6-5-7-9-14)35-10-15-18(32)16(24)21(37-15)31-11-27-17-19(26-4)28-23(25)29-20(17)31/h5-9,11-13,15-16,18,21,32H,10H2,1-4H3,(H,30,34)(H3,25,26,28,29)/t13-,15+,16+,18+,21+,39-/m0/s1. The lowest BCUT2D eigenvalue weighted by molar-refractivity contribution is -0.149. The monoisotopic (exact) mass is 567 g/mol. The lowest BCUT2D eigenvalue weighted by atomic mass is 10.1. The van der Waals surface area contributed by atoms with Crippen LogP contribution in [0.2, 0.25) is 0 Å². The van der Waals surface area contributed by atoms with Crippen molar-refractivity contribution >= 4 is 36.6 Å². The molecule has 0 aliphatic carbocycles. The minimum Gasteiger partial charge on any atom is -0.462 e. The van der Waals surface area contributed by atoms with E-state index in [1.54, 1.807) is 51.2 Å². The predicted molar refractivity (Wildman–Crippen MR) is 139 cm³/mol. The van der Waals surface area contributed by atoms with Crippen LogP contribution >= 0.6 is 7.75 Å². The first-order chi connectivity index (χ1) is 18.5. The van der Waals surface area contributed by atoms with Crippen LogP contribution < -0.4 is 20.7 Å². The van der Waals surface area contributed by atoms with E-state index >= 15 is 4.39 Å². The Morgan fingerprint density at radius 1 is 1.28 bits per heavy atom.